The number of ketones is 1. The lowest BCUT2D eigenvalue weighted by Gasteiger charge is -2.71. The molecule has 0 unspecified atom stereocenters. The van der Waals surface area contributed by atoms with Gasteiger partial charge in [0.1, 0.15) is 17.4 Å². The van der Waals surface area contributed by atoms with E-state index >= 15 is 0 Å². The highest BCUT2D eigenvalue weighted by atomic mass is 19.4. The zero-order valence-electron chi connectivity index (χ0n) is 14.8. The number of carbonyl (C=O) groups excluding carboxylic acids is 1. The van der Waals surface area contributed by atoms with Crippen molar-refractivity contribution in [2.24, 2.45) is 5.41 Å². The van der Waals surface area contributed by atoms with Gasteiger partial charge in [-0.1, -0.05) is 12.1 Å². The molecule has 2 aromatic carbocycles. The molecule has 2 aromatic rings. The third-order valence-electron chi connectivity index (χ3n) is 5.78. The molecule has 7 heteroatoms. The topological polar surface area (TPSA) is 26.3 Å². The van der Waals surface area contributed by atoms with Gasteiger partial charge >= 0.3 is 6.18 Å². The Kier molecular flexibility index (Phi) is 4.25. The molecular formula is C21H17F5O2. The van der Waals surface area contributed by atoms with Crippen molar-refractivity contribution in [2.75, 3.05) is 6.61 Å². The van der Waals surface area contributed by atoms with Crippen molar-refractivity contribution >= 4 is 5.78 Å². The van der Waals surface area contributed by atoms with Crippen LogP contribution in [0.3, 0.4) is 0 Å². The summed E-state index contributed by atoms with van der Waals surface area (Å²) < 4.78 is 68.1. The van der Waals surface area contributed by atoms with Crippen LogP contribution in [0.1, 0.15) is 41.6 Å². The predicted molar refractivity (Wildman–Crippen MR) is 91.3 cm³/mol. The second-order valence-corrected chi connectivity index (χ2v) is 7.96. The summed E-state index contributed by atoms with van der Waals surface area (Å²) in [6, 6.07) is 9.52. The Morgan fingerprint density at radius 1 is 1.00 bits per heavy atom. The average Bonchev–Trinajstić information content (AvgIpc) is 2.54. The first-order valence-corrected chi connectivity index (χ1v) is 8.88. The molecule has 0 aliphatic heterocycles. The van der Waals surface area contributed by atoms with Gasteiger partial charge in [0.05, 0.1) is 5.56 Å². The molecule has 0 heterocycles. The fourth-order valence-electron chi connectivity index (χ4n) is 4.71. The van der Waals surface area contributed by atoms with Gasteiger partial charge in [-0.15, -0.1) is 0 Å². The number of halogens is 5. The van der Waals surface area contributed by atoms with Gasteiger partial charge in [-0.25, -0.2) is 8.78 Å². The van der Waals surface area contributed by atoms with E-state index < -0.39 is 24.4 Å². The highest BCUT2D eigenvalue weighted by molar-refractivity contribution is 5.97. The van der Waals surface area contributed by atoms with Crippen molar-refractivity contribution in [1.82, 2.24) is 0 Å². The summed E-state index contributed by atoms with van der Waals surface area (Å²) in [5, 5.41) is 0. The van der Waals surface area contributed by atoms with E-state index in [4.69, 9.17) is 4.74 Å². The number of carbonyl (C=O) groups is 1. The van der Waals surface area contributed by atoms with E-state index in [9.17, 15) is 26.7 Å². The first kappa shape index (κ1) is 18.9. The van der Waals surface area contributed by atoms with Gasteiger partial charge in [0.2, 0.25) is 0 Å². The molecule has 5 rings (SSSR count). The number of Topliss-reactive ketones (excluding diaryl/α,β-unsaturated/α-hetero) is 1. The Morgan fingerprint density at radius 2 is 1.64 bits per heavy atom. The van der Waals surface area contributed by atoms with E-state index in [0.29, 0.717) is 6.07 Å². The van der Waals surface area contributed by atoms with Gasteiger partial charge in [0.25, 0.3) is 0 Å². The maximum atomic E-state index is 13.8. The molecule has 28 heavy (non-hydrogen) atoms. The quantitative estimate of drug-likeness (QED) is 0.469. The maximum Gasteiger partial charge on any atom is 0.422 e. The molecule has 3 aliphatic carbocycles. The monoisotopic (exact) mass is 396 g/mol. The summed E-state index contributed by atoms with van der Waals surface area (Å²) in [7, 11) is 0. The number of benzene rings is 2. The van der Waals surface area contributed by atoms with E-state index in [-0.39, 0.29) is 34.3 Å². The fourth-order valence-corrected chi connectivity index (χ4v) is 4.71. The van der Waals surface area contributed by atoms with Gasteiger partial charge in [-0.3, -0.25) is 4.79 Å². The van der Waals surface area contributed by atoms with Crippen LogP contribution in [-0.4, -0.2) is 18.6 Å². The third-order valence-corrected chi connectivity index (χ3v) is 5.78. The third kappa shape index (κ3) is 3.38. The number of hydrogen-bond donors (Lipinski definition) is 0. The SMILES string of the molecule is O=C(CC12CC(c3ccc(OCC(F)(F)F)cc3)(C1)C2)c1ccc(F)cc1F. The smallest absolute Gasteiger partial charge is 0.422 e. The molecule has 0 amide bonds. The summed E-state index contributed by atoms with van der Waals surface area (Å²) in [6.45, 7) is -1.33. The number of ether oxygens (including phenoxy) is 1. The summed E-state index contributed by atoms with van der Waals surface area (Å²) in [6.07, 6.45) is -1.84. The summed E-state index contributed by atoms with van der Waals surface area (Å²) in [5.41, 5.74) is 0.688. The molecule has 2 bridgehead atoms. The molecule has 0 atom stereocenters. The van der Waals surface area contributed by atoms with Crippen LogP contribution >= 0.6 is 0 Å². The van der Waals surface area contributed by atoms with Crippen LogP contribution < -0.4 is 4.74 Å². The van der Waals surface area contributed by atoms with Crippen LogP contribution in [0, 0.1) is 17.0 Å². The predicted octanol–water partition coefficient (Wildman–Crippen LogP) is 5.60. The Balaban J connectivity index is 1.35. The fraction of sp³-hybridized carbons (Fsp3) is 0.381. The molecule has 2 nitrogen and oxygen atoms in total. The summed E-state index contributed by atoms with van der Waals surface area (Å²) in [5.74, 6) is -1.74. The van der Waals surface area contributed by atoms with E-state index in [1.54, 1.807) is 12.1 Å². The molecule has 3 fully saturated rings. The lowest BCUT2D eigenvalue weighted by atomic mass is 9.32. The number of alkyl halides is 3. The van der Waals surface area contributed by atoms with Gasteiger partial charge in [-0.05, 0) is 59.9 Å². The lowest BCUT2D eigenvalue weighted by Crippen LogP contribution is -2.65. The van der Waals surface area contributed by atoms with E-state index in [2.05, 4.69) is 0 Å². The van der Waals surface area contributed by atoms with Crippen molar-refractivity contribution in [3.63, 3.8) is 0 Å². The van der Waals surface area contributed by atoms with E-state index in [1.165, 1.54) is 18.2 Å². The first-order valence-electron chi connectivity index (χ1n) is 8.88. The van der Waals surface area contributed by atoms with Crippen molar-refractivity contribution in [3.05, 3.63) is 65.2 Å². The minimum absolute atomic E-state index is 0.0653. The van der Waals surface area contributed by atoms with E-state index in [1.807, 2.05) is 0 Å². The molecule has 0 N–H and O–H groups in total. The second kappa shape index (κ2) is 6.29. The van der Waals surface area contributed by atoms with Gasteiger partial charge in [0, 0.05) is 12.5 Å². The van der Waals surface area contributed by atoms with Crippen LogP contribution in [0.25, 0.3) is 0 Å². The zero-order valence-corrected chi connectivity index (χ0v) is 14.8. The Bertz CT molecular complexity index is 898. The molecule has 3 saturated carbocycles. The van der Waals surface area contributed by atoms with Crippen molar-refractivity contribution in [2.45, 2.75) is 37.3 Å². The maximum absolute atomic E-state index is 13.8. The molecule has 3 aliphatic rings. The number of hydrogen-bond acceptors (Lipinski definition) is 2. The van der Waals surface area contributed by atoms with Gasteiger partial charge < -0.3 is 4.74 Å². The minimum Gasteiger partial charge on any atom is -0.484 e. The average molecular weight is 396 g/mol. The van der Waals surface area contributed by atoms with Gasteiger partial charge in [0.15, 0.2) is 12.4 Å². The summed E-state index contributed by atoms with van der Waals surface area (Å²) in [4.78, 5) is 12.4. The normalized spacial score (nSPS) is 25.6. The molecule has 0 spiro atoms. The Morgan fingerprint density at radius 3 is 2.21 bits per heavy atom. The Hall–Kier alpha value is -2.44. The van der Waals surface area contributed by atoms with Crippen LogP contribution in [0.15, 0.2) is 42.5 Å². The first-order chi connectivity index (χ1) is 13.1. The van der Waals surface area contributed by atoms with Crippen molar-refractivity contribution in [3.8, 4) is 5.75 Å². The zero-order chi connectivity index (χ0) is 20.2. The van der Waals surface area contributed by atoms with Crippen LogP contribution in [0.5, 0.6) is 5.75 Å². The highest BCUT2D eigenvalue weighted by Crippen LogP contribution is 2.75. The summed E-state index contributed by atoms with van der Waals surface area (Å²) >= 11 is 0. The van der Waals surface area contributed by atoms with E-state index in [0.717, 1.165) is 30.9 Å². The van der Waals surface area contributed by atoms with Gasteiger partial charge in [-0.2, -0.15) is 13.2 Å². The standard InChI is InChI=1S/C21H17F5O2/c22-14-3-6-16(17(23)7-14)18(27)8-19-9-20(10-19,11-19)13-1-4-15(5-2-13)28-12-21(24,25)26/h1-7H,8-12H2. The minimum atomic E-state index is -4.38. The molecule has 148 valence electrons. The number of rotatable bonds is 6. The van der Waals surface area contributed by atoms with Crippen LogP contribution in [0.4, 0.5) is 22.0 Å². The van der Waals surface area contributed by atoms with Crippen LogP contribution in [0.2, 0.25) is 0 Å². The molecular weight excluding hydrogens is 379 g/mol. The van der Waals surface area contributed by atoms with Crippen molar-refractivity contribution in [1.29, 1.82) is 0 Å². The molecule has 0 radical (unpaired) electrons. The van der Waals surface area contributed by atoms with Crippen molar-refractivity contribution < 1.29 is 31.5 Å². The lowest BCUT2D eigenvalue weighted by molar-refractivity contribution is -0.153. The second-order valence-electron chi connectivity index (χ2n) is 7.96. The molecule has 0 saturated heterocycles. The highest BCUT2D eigenvalue weighted by Gasteiger charge is 2.68. The Labute approximate surface area is 158 Å². The van der Waals surface area contributed by atoms with Crippen LogP contribution in [-0.2, 0) is 5.41 Å². The molecule has 0 aromatic heterocycles. The largest absolute Gasteiger partial charge is 0.484 e.